The van der Waals surface area contributed by atoms with E-state index in [0.717, 1.165) is 11.3 Å². The van der Waals surface area contributed by atoms with Gasteiger partial charge in [-0.15, -0.1) is 0 Å². The van der Waals surface area contributed by atoms with Crippen LogP contribution in [0.3, 0.4) is 0 Å². The molecule has 0 saturated heterocycles. The molecule has 1 aromatic heterocycles. The molecule has 1 heterocycles. The van der Waals surface area contributed by atoms with Gasteiger partial charge in [0, 0.05) is 24.3 Å². The van der Waals surface area contributed by atoms with Crippen LogP contribution in [-0.2, 0) is 11.3 Å². The normalized spacial score (nSPS) is 12.3. The van der Waals surface area contributed by atoms with Crippen molar-refractivity contribution in [2.24, 2.45) is 5.10 Å². The zero-order chi connectivity index (χ0) is 19.1. The molecule has 0 aliphatic carbocycles. The van der Waals surface area contributed by atoms with Crippen LogP contribution in [0, 0.1) is 11.3 Å². The van der Waals surface area contributed by atoms with Gasteiger partial charge >= 0.3 is 0 Å². The first-order valence-corrected chi connectivity index (χ1v) is 8.63. The number of benzene rings is 1. The third-order valence-electron chi connectivity index (χ3n) is 3.60. The number of carbonyl (C=O) groups excluding carboxylic acids is 1. The van der Waals surface area contributed by atoms with Crippen LogP contribution in [0.25, 0.3) is 11.3 Å². The quantitative estimate of drug-likeness (QED) is 0.576. The van der Waals surface area contributed by atoms with Crippen LogP contribution in [0.1, 0.15) is 26.3 Å². The predicted molar refractivity (Wildman–Crippen MR) is 102 cm³/mol. The lowest BCUT2D eigenvalue weighted by molar-refractivity contribution is -0.115. The Morgan fingerprint density at radius 3 is 2.88 bits per heavy atom. The Balaban J connectivity index is 2.01. The lowest BCUT2D eigenvalue weighted by Gasteiger charge is -2.13. The van der Waals surface area contributed by atoms with E-state index in [0.29, 0.717) is 29.4 Å². The summed E-state index contributed by atoms with van der Waals surface area (Å²) in [5.41, 5.74) is 5.16. The second-order valence-electron chi connectivity index (χ2n) is 5.81. The number of carbonyl (C=O) groups is 1. The van der Waals surface area contributed by atoms with Gasteiger partial charge in [-0.25, -0.2) is 0 Å². The molecule has 2 aromatic rings. The Kier molecular flexibility index (Phi) is 6.75. The zero-order valence-electron chi connectivity index (χ0n) is 15.0. The topological polar surface area (TPSA) is 95.1 Å². The van der Waals surface area contributed by atoms with Crippen molar-refractivity contribution in [3.05, 3.63) is 41.0 Å². The number of nitrogens with one attached hydrogen (secondary N) is 2. The molecule has 1 aromatic carbocycles. The Morgan fingerprint density at radius 1 is 1.46 bits per heavy atom. The molecule has 0 radical (unpaired) electrons. The van der Waals surface area contributed by atoms with E-state index in [1.165, 1.54) is 0 Å². The number of nitriles is 1. The molecule has 1 atom stereocenters. The lowest BCUT2D eigenvalue weighted by Crippen LogP contribution is -2.39. The van der Waals surface area contributed by atoms with Gasteiger partial charge in [-0.1, -0.05) is 17.7 Å². The number of halogens is 1. The van der Waals surface area contributed by atoms with E-state index >= 15 is 0 Å². The van der Waals surface area contributed by atoms with Crippen LogP contribution in [0.4, 0.5) is 0 Å². The second-order valence-corrected chi connectivity index (χ2v) is 6.22. The van der Waals surface area contributed by atoms with E-state index in [4.69, 9.17) is 16.9 Å². The molecule has 2 rings (SSSR count). The summed E-state index contributed by atoms with van der Waals surface area (Å²) < 4.78 is 1.75. The van der Waals surface area contributed by atoms with Crippen molar-refractivity contribution in [2.75, 3.05) is 6.54 Å². The van der Waals surface area contributed by atoms with Gasteiger partial charge in [0.25, 0.3) is 5.91 Å². The van der Waals surface area contributed by atoms with Crippen LogP contribution in [0.2, 0.25) is 5.02 Å². The van der Waals surface area contributed by atoms with E-state index in [9.17, 15) is 4.79 Å². The number of aromatic nitrogens is 2. The molecule has 8 heteroatoms. The van der Waals surface area contributed by atoms with E-state index in [2.05, 4.69) is 20.9 Å². The van der Waals surface area contributed by atoms with Crippen molar-refractivity contribution in [1.29, 1.82) is 5.26 Å². The molecule has 0 bridgehead atoms. The summed E-state index contributed by atoms with van der Waals surface area (Å²) in [6.07, 6.45) is 1.84. The molecular formula is C18H21ClN6O. The highest BCUT2D eigenvalue weighted by Gasteiger charge is 2.12. The van der Waals surface area contributed by atoms with Gasteiger partial charge in [-0.3, -0.25) is 9.48 Å². The fourth-order valence-corrected chi connectivity index (χ4v) is 2.51. The molecule has 0 unspecified atom stereocenters. The van der Waals surface area contributed by atoms with Crippen LogP contribution in [0.5, 0.6) is 0 Å². The average molecular weight is 373 g/mol. The maximum Gasteiger partial charge on any atom is 0.267 e. The number of hydrogen-bond donors (Lipinski definition) is 2. The Labute approximate surface area is 157 Å². The number of hydrogen-bond acceptors (Lipinski definition) is 5. The monoisotopic (exact) mass is 372 g/mol. The van der Waals surface area contributed by atoms with Gasteiger partial charge in [0.1, 0.15) is 11.8 Å². The third-order valence-corrected chi connectivity index (χ3v) is 3.91. The van der Waals surface area contributed by atoms with Crippen LogP contribution >= 0.6 is 11.6 Å². The van der Waals surface area contributed by atoms with Crippen LogP contribution in [-0.4, -0.2) is 34.0 Å². The van der Waals surface area contributed by atoms with E-state index in [1.807, 2.05) is 38.2 Å². The highest BCUT2D eigenvalue weighted by Crippen LogP contribution is 2.24. The summed E-state index contributed by atoms with van der Waals surface area (Å²) in [6.45, 7) is 6.65. The largest absolute Gasteiger partial charge is 0.347 e. The van der Waals surface area contributed by atoms with Gasteiger partial charge in [-0.05, 0) is 39.0 Å². The van der Waals surface area contributed by atoms with E-state index in [-0.39, 0.29) is 11.9 Å². The summed E-state index contributed by atoms with van der Waals surface area (Å²) in [5.74, 6) is -0.218. The standard InChI is InChI=1S/C18H21ClN6O/c1-4-21-23-13(3)18(26)22-12(2)11-25-8-7-17(24-25)14-5-6-15(10-20)16(19)9-14/h5-9,12,21H,4,11H2,1-3H3,(H,22,26)/b23-13+/t12-/m0/s1. The number of rotatable bonds is 7. The third kappa shape index (κ3) is 5.07. The predicted octanol–water partition coefficient (Wildman–Crippen LogP) is 2.57. The van der Waals surface area contributed by atoms with Crippen molar-refractivity contribution in [1.82, 2.24) is 20.5 Å². The Hall–Kier alpha value is -2.85. The highest BCUT2D eigenvalue weighted by atomic mass is 35.5. The van der Waals surface area contributed by atoms with Crippen molar-refractivity contribution in [3.63, 3.8) is 0 Å². The molecule has 0 aliphatic heterocycles. The number of nitrogens with zero attached hydrogens (tertiary/aromatic N) is 4. The fraction of sp³-hybridized carbons (Fsp3) is 0.333. The number of hydrazone groups is 1. The minimum absolute atomic E-state index is 0.119. The lowest BCUT2D eigenvalue weighted by atomic mass is 10.1. The van der Waals surface area contributed by atoms with Crippen LogP contribution in [0.15, 0.2) is 35.6 Å². The average Bonchev–Trinajstić information content (AvgIpc) is 3.07. The molecule has 2 N–H and O–H groups in total. The second kappa shape index (κ2) is 9.02. The summed E-state index contributed by atoms with van der Waals surface area (Å²) in [5, 5.41) is 20.7. The Bertz CT molecular complexity index is 852. The molecule has 0 spiro atoms. The summed E-state index contributed by atoms with van der Waals surface area (Å²) in [6, 6.07) is 8.98. The Morgan fingerprint density at radius 2 is 2.23 bits per heavy atom. The summed E-state index contributed by atoms with van der Waals surface area (Å²) >= 11 is 6.07. The first-order valence-electron chi connectivity index (χ1n) is 8.26. The molecular weight excluding hydrogens is 352 g/mol. The maximum absolute atomic E-state index is 12.0. The van der Waals surface area contributed by atoms with Gasteiger partial charge in [0.15, 0.2) is 0 Å². The van der Waals surface area contributed by atoms with E-state index < -0.39 is 0 Å². The molecule has 7 nitrogen and oxygen atoms in total. The van der Waals surface area contributed by atoms with Crippen molar-refractivity contribution in [2.45, 2.75) is 33.4 Å². The van der Waals surface area contributed by atoms with Crippen LogP contribution < -0.4 is 10.7 Å². The number of amides is 1. The zero-order valence-corrected chi connectivity index (χ0v) is 15.7. The first kappa shape index (κ1) is 19.5. The smallest absolute Gasteiger partial charge is 0.267 e. The maximum atomic E-state index is 12.0. The highest BCUT2D eigenvalue weighted by molar-refractivity contribution is 6.37. The summed E-state index contributed by atoms with van der Waals surface area (Å²) in [4.78, 5) is 12.0. The van der Waals surface area contributed by atoms with Gasteiger partial charge in [0.2, 0.25) is 0 Å². The van der Waals surface area contributed by atoms with E-state index in [1.54, 1.807) is 23.7 Å². The van der Waals surface area contributed by atoms with Gasteiger partial charge in [0.05, 0.1) is 22.8 Å². The summed E-state index contributed by atoms with van der Waals surface area (Å²) in [7, 11) is 0. The SMILES string of the molecule is CCN/N=C(\C)C(=O)N[C@@H](C)Cn1ccc(-c2ccc(C#N)c(Cl)c2)n1. The van der Waals surface area contributed by atoms with Crippen molar-refractivity contribution < 1.29 is 4.79 Å². The van der Waals surface area contributed by atoms with Crippen molar-refractivity contribution >= 4 is 23.2 Å². The first-order chi connectivity index (χ1) is 12.4. The van der Waals surface area contributed by atoms with Gasteiger partial charge < -0.3 is 10.7 Å². The molecule has 26 heavy (non-hydrogen) atoms. The minimum Gasteiger partial charge on any atom is -0.347 e. The fourth-order valence-electron chi connectivity index (χ4n) is 2.29. The van der Waals surface area contributed by atoms with Gasteiger partial charge in [-0.2, -0.15) is 15.5 Å². The molecule has 1 amide bonds. The molecule has 0 saturated carbocycles. The molecule has 136 valence electrons. The minimum atomic E-state index is -0.218. The molecule has 0 fully saturated rings. The molecule has 0 aliphatic rings. The van der Waals surface area contributed by atoms with Crippen molar-refractivity contribution in [3.8, 4) is 17.3 Å².